The molecule has 104 valence electrons. The van der Waals surface area contributed by atoms with Gasteiger partial charge in [-0.3, -0.25) is 4.79 Å². The second-order valence-corrected chi connectivity index (χ2v) is 4.97. The Balaban J connectivity index is 2.54. The van der Waals surface area contributed by atoms with Gasteiger partial charge in [0.1, 0.15) is 5.75 Å². The van der Waals surface area contributed by atoms with Crippen molar-refractivity contribution in [3.05, 3.63) is 63.4 Å². The third-order valence-corrected chi connectivity index (χ3v) is 3.47. The molecule has 20 heavy (non-hydrogen) atoms. The number of hydrogen-bond acceptors (Lipinski definition) is 2. The van der Waals surface area contributed by atoms with Crippen LogP contribution in [0.25, 0.3) is 0 Å². The van der Waals surface area contributed by atoms with Crippen molar-refractivity contribution in [2.24, 2.45) is 0 Å². The zero-order valence-corrected chi connectivity index (χ0v) is 12.2. The summed E-state index contributed by atoms with van der Waals surface area (Å²) in [5.74, 6) is -0.370. The van der Waals surface area contributed by atoms with Crippen molar-refractivity contribution in [2.45, 2.75) is 13.8 Å². The summed E-state index contributed by atoms with van der Waals surface area (Å²) in [6, 6.07) is 7.88. The molecule has 0 aromatic heterocycles. The van der Waals surface area contributed by atoms with Crippen LogP contribution in [0.5, 0.6) is 5.75 Å². The van der Waals surface area contributed by atoms with Gasteiger partial charge in [0, 0.05) is 5.56 Å². The molecule has 2 nitrogen and oxygen atoms in total. The lowest BCUT2D eigenvalue weighted by atomic mass is 9.96. The highest BCUT2D eigenvalue weighted by Crippen LogP contribution is 2.26. The van der Waals surface area contributed by atoms with E-state index >= 15 is 0 Å². The van der Waals surface area contributed by atoms with E-state index in [9.17, 15) is 9.18 Å². The van der Waals surface area contributed by atoms with Gasteiger partial charge in [-0.2, -0.15) is 0 Å². The fourth-order valence-corrected chi connectivity index (χ4v) is 2.25. The molecule has 0 radical (unpaired) electrons. The number of ether oxygens (including phenoxy) is 1. The van der Waals surface area contributed by atoms with Crippen LogP contribution in [0.1, 0.15) is 27.0 Å². The average molecular weight is 293 g/mol. The van der Waals surface area contributed by atoms with E-state index in [1.165, 1.54) is 12.1 Å². The number of ketones is 1. The predicted octanol–water partition coefficient (Wildman–Crippen LogP) is 4.34. The molecule has 2 aromatic carbocycles. The zero-order chi connectivity index (χ0) is 14.9. The minimum Gasteiger partial charge on any atom is -0.496 e. The molecule has 0 aliphatic heterocycles. The molecular weight excluding hydrogens is 279 g/mol. The number of carbonyl (C=O) groups excluding carboxylic acids is 1. The highest BCUT2D eigenvalue weighted by molar-refractivity contribution is 6.31. The van der Waals surface area contributed by atoms with Gasteiger partial charge in [0.25, 0.3) is 0 Å². The Bertz CT molecular complexity index is 680. The van der Waals surface area contributed by atoms with Crippen molar-refractivity contribution in [1.82, 2.24) is 0 Å². The van der Waals surface area contributed by atoms with Gasteiger partial charge in [-0.25, -0.2) is 4.39 Å². The summed E-state index contributed by atoms with van der Waals surface area (Å²) in [5.41, 5.74) is 1.98. The standard InChI is InChI=1S/C16H14ClFO2/c1-9-8-14(20-3)10(2)7-12(9)16(19)11-5-4-6-13(17)15(11)18/h4-8H,1-3H3. The molecular formula is C16H14ClFO2. The molecule has 0 N–H and O–H groups in total. The minimum atomic E-state index is -0.688. The summed E-state index contributed by atoms with van der Waals surface area (Å²) in [7, 11) is 1.57. The zero-order valence-electron chi connectivity index (χ0n) is 11.5. The number of benzene rings is 2. The molecule has 0 atom stereocenters. The van der Waals surface area contributed by atoms with E-state index in [1.807, 2.05) is 6.92 Å². The Morgan fingerprint density at radius 2 is 1.85 bits per heavy atom. The smallest absolute Gasteiger partial charge is 0.196 e. The lowest BCUT2D eigenvalue weighted by Gasteiger charge is -2.11. The summed E-state index contributed by atoms with van der Waals surface area (Å²) in [6.45, 7) is 3.63. The maximum Gasteiger partial charge on any atom is 0.196 e. The van der Waals surface area contributed by atoms with Crippen molar-refractivity contribution < 1.29 is 13.9 Å². The first-order chi connectivity index (χ1) is 9.45. The van der Waals surface area contributed by atoms with Gasteiger partial charge in [0.05, 0.1) is 17.7 Å². The van der Waals surface area contributed by atoms with Crippen molar-refractivity contribution >= 4 is 17.4 Å². The van der Waals surface area contributed by atoms with Crippen LogP contribution in [-0.4, -0.2) is 12.9 Å². The Labute approximate surface area is 122 Å². The second-order valence-electron chi connectivity index (χ2n) is 4.57. The lowest BCUT2D eigenvalue weighted by molar-refractivity contribution is 0.103. The first-order valence-corrected chi connectivity index (χ1v) is 6.47. The molecule has 2 rings (SSSR count). The van der Waals surface area contributed by atoms with E-state index in [0.29, 0.717) is 11.3 Å². The van der Waals surface area contributed by atoms with Crippen molar-refractivity contribution in [3.8, 4) is 5.75 Å². The van der Waals surface area contributed by atoms with Crippen LogP contribution < -0.4 is 4.74 Å². The number of rotatable bonds is 3. The molecule has 0 heterocycles. The predicted molar refractivity (Wildman–Crippen MR) is 77.3 cm³/mol. The van der Waals surface area contributed by atoms with Gasteiger partial charge in [-0.05, 0) is 49.2 Å². The monoisotopic (exact) mass is 292 g/mol. The van der Waals surface area contributed by atoms with Gasteiger partial charge in [0.2, 0.25) is 0 Å². The van der Waals surface area contributed by atoms with Crippen LogP contribution in [0.15, 0.2) is 30.3 Å². The second kappa shape index (κ2) is 5.63. The highest BCUT2D eigenvalue weighted by atomic mass is 35.5. The van der Waals surface area contributed by atoms with Gasteiger partial charge >= 0.3 is 0 Å². The Morgan fingerprint density at radius 1 is 1.15 bits per heavy atom. The summed E-state index contributed by atoms with van der Waals surface area (Å²) < 4.78 is 19.1. The molecule has 0 bridgehead atoms. The summed E-state index contributed by atoms with van der Waals surface area (Å²) in [5, 5.41) is -0.0567. The van der Waals surface area contributed by atoms with Crippen LogP contribution >= 0.6 is 11.6 Å². The van der Waals surface area contributed by atoms with Crippen LogP contribution in [-0.2, 0) is 0 Å². The van der Waals surface area contributed by atoms with E-state index < -0.39 is 5.82 Å². The topological polar surface area (TPSA) is 26.3 Å². The van der Waals surface area contributed by atoms with Crippen LogP contribution in [0.4, 0.5) is 4.39 Å². The highest BCUT2D eigenvalue weighted by Gasteiger charge is 2.18. The minimum absolute atomic E-state index is 0.0230. The number of aryl methyl sites for hydroxylation is 2. The number of methoxy groups -OCH3 is 1. The van der Waals surface area contributed by atoms with Gasteiger partial charge in [-0.15, -0.1) is 0 Å². The molecule has 0 fully saturated rings. The summed E-state index contributed by atoms with van der Waals surface area (Å²) in [4.78, 5) is 12.5. The Morgan fingerprint density at radius 3 is 2.50 bits per heavy atom. The van der Waals surface area contributed by atoms with Gasteiger partial charge in [0.15, 0.2) is 11.6 Å². The third kappa shape index (κ3) is 2.54. The first kappa shape index (κ1) is 14.5. The van der Waals surface area contributed by atoms with Gasteiger partial charge in [-0.1, -0.05) is 17.7 Å². The molecule has 0 aliphatic rings. The molecule has 0 spiro atoms. The maximum absolute atomic E-state index is 13.9. The molecule has 0 aliphatic carbocycles. The Hall–Kier alpha value is -1.87. The summed E-state index contributed by atoms with van der Waals surface area (Å²) >= 11 is 5.72. The first-order valence-electron chi connectivity index (χ1n) is 6.09. The Kier molecular flexibility index (Phi) is 4.09. The van der Waals surface area contributed by atoms with Crippen LogP contribution in [0, 0.1) is 19.7 Å². The quantitative estimate of drug-likeness (QED) is 0.787. The average Bonchev–Trinajstić information content (AvgIpc) is 2.43. The van der Waals surface area contributed by atoms with Crippen molar-refractivity contribution in [2.75, 3.05) is 7.11 Å². The molecule has 2 aromatic rings. The van der Waals surface area contributed by atoms with E-state index in [-0.39, 0.29) is 16.4 Å². The molecule has 0 saturated carbocycles. The van der Waals surface area contributed by atoms with Crippen LogP contribution in [0.3, 0.4) is 0 Å². The lowest BCUT2D eigenvalue weighted by Crippen LogP contribution is -2.07. The largest absolute Gasteiger partial charge is 0.496 e. The van der Waals surface area contributed by atoms with Crippen LogP contribution in [0.2, 0.25) is 5.02 Å². The molecule has 4 heteroatoms. The SMILES string of the molecule is COc1cc(C)c(C(=O)c2cccc(Cl)c2F)cc1C. The maximum atomic E-state index is 13.9. The van der Waals surface area contributed by atoms with E-state index in [4.69, 9.17) is 16.3 Å². The fourth-order valence-electron chi connectivity index (χ4n) is 2.08. The van der Waals surface area contributed by atoms with E-state index in [1.54, 1.807) is 32.2 Å². The number of hydrogen-bond donors (Lipinski definition) is 0. The van der Waals surface area contributed by atoms with Crippen molar-refractivity contribution in [1.29, 1.82) is 0 Å². The number of halogens is 2. The van der Waals surface area contributed by atoms with Crippen molar-refractivity contribution in [3.63, 3.8) is 0 Å². The van der Waals surface area contributed by atoms with E-state index in [2.05, 4.69) is 0 Å². The van der Waals surface area contributed by atoms with E-state index in [0.717, 1.165) is 11.1 Å². The molecule has 0 unspecified atom stereocenters. The van der Waals surface area contributed by atoms with Gasteiger partial charge < -0.3 is 4.74 Å². The fraction of sp³-hybridized carbons (Fsp3) is 0.188. The normalized spacial score (nSPS) is 10.4. The third-order valence-electron chi connectivity index (χ3n) is 3.18. The summed E-state index contributed by atoms with van der Waals surface area (Å²) in [6.07, 6.45) is 0. The molecule has 0 saturated heterocycles. The molecule has 0 amide bonds. The number of carbonyl (C=O) groups is 1.